The average Bonchev–Trinajstić information content (AvgIpc) is 3.06. The number of nitrogens with one attached hydrogen (secondary N) is 1. The zero-order chi connectivity index (χ0) is 19.7. The number of fused-ring (bicyclic) bond motifs is 1. The van der Waals surface area contributed by atoms with Gasteiger partial charge in [-0.1, -0.05) is 62.4 Å². The molecule has 0 aromatic heterocycles. The number of likely N-dealkylation sites (N-methyl/N-ethyl adjacent to an activating group) is 1. The van der Waals surface area contributed by atoms with Gasteiger partial charge in [-0.2, -0.15) is 0 Å². The van der Waals surface area contributed by atoms with Crippen molar-refractivity contribution in [2.45, 2.75) is 37.8 Å². The first kappa shape index (κ1) is 18.7. The molecule has 3 heteroatoms. The molecular formula is C25H26FNO. The Kier molecular flexibility index (Phi) is 4.94. The number of hydrogen-bond donors (Lipinski definition) is 1. The number of hydrogen-bond acceptors (Lipinski definition) is 2. The SMILES string of the molecule is CNC1Cc2ccccc2[C@@H]1Oc1ccc(C(C)(C)c2ccc(F)cc2)cc1. The van der Waals surface area contributed by atoms with Crippen LogP contribution in [0.1, 0.15) is 42.2 Å². The highest BCUT2D eigenvalue weighted by Gasteiger charge is 2.33. The maximum absolute atomic E-state index is 13.3. The van der Waals surface area contributed by atoms with E-state index >= 15 is 0 Å². The largest absolute Gasteiger partial charge is 0.484 e. The Hall–Kier alpha value is -2.65. The molecule has 4 rings (SSSR count). The van der Waals surface area contributed by atoms with E-state index in [1.807, 2.05) is 31.3 Å². The fourth-order valence-corrected chi connectivity index (χ4v) is 4.09. The van der Waals surface area contributed by atoms with Gasteiger partial charge in [0.2, 0.25) is 0 Å². The minimum absolute atomic E-state index is 0.0113. The zero-order valence-corrected chi connectivity index (χ0v) is 16.6. The van der Waals surface area contributed by atoms with Crippen LogP contribution >= 0.6 is 0 Å². The van der Waals surface area contributed by atoms with Gasteiger partial charge >= 0.3 is 0 Å². The third-order valence-electron chi connectivity index (χ3n) is 5.94. The van der Waals surface area contributed by atoms with Crippen LogP contribution in [0.4, 0.5) is 4.39 Å². The Morgan fingerprint density at radius 3 is 2.14 bits per heavy atom. The summed E-state index contributed by atoms with van der Waals surface area (Å²) in [6.45, 7) is 4.31. The van der Waals surface area contributed by atoms with Gasteiger partial charge in [-0.3, -0.25) is 0 Å². The summed E-state index contributed by atoms with van der Waals surface area (Å²) in [6.07, 6.45) is 0.990. The summed E-state index contributed by atoms with van der Waals surface area (Å²) in [5.41, 5.74) is 4.66. The lowest BCUT2D eigenvalue weighted by atomic mass is 9.78. The Bertz CT molecular complexity index is 947. The number of ether oxygens (including phenoxy) is 1. The van der Waals surface area contributed by atoms with E-state index < -0.39 is 0 Å². The van der Waals surface area contributed by atoms with Gasteiger partial charge < -0.3 is 10.1 Å². The van der Waals surface area contributed by atoms with E-state index in [0.29, 0.717) is 0 Å². The summed E-state index contributed by atoms with van der Waals surface area (Å²) >= 11 is 0. The van der Waals surface area contributed by atoms with E-state index in [2.05, 4.69) is 55.6 Å². The van der Waals surface area contributed by atoms with E-state index in [-0.39, 0.29) is 23.4 Å². The molecule has 0 heterocycles. The lowest BCUT2D eigenvalue weighted by Crippen LogP contribution is -2.32. The van der Waals surface area contributed by atoms with Crippen LogP contribution in [0.3, 0.4) is 0 Å². The van der Waals surface area contributed by atoms with Crippen LogP contribution in [0.5, 0.6) is 5.75 Å². The van der Waals surface area contributed by atoms with Crippen LogP contribution in [0.15, 0.2) is 72.8 Å². The van der Waals surface area contributed by atoms with E-state index in [0.717, 1.165) is 17.7 Å². The molecule has 0 radical (unpaired) electrons. The maximum atomic E-state index is 13.3. The van der Waals surface area contributed by atoms with Crippen molar-refractivity contribution in [3.63, 3.8) is 0 Å². The first-order chi connectivity index (χ1) is 13.5. The van der Waals surface area contributed by atoms with Gasteiger partial charge in [0.05, 0.1) is 6.04 Å². The van der Waals surface area contributed by atoms with Gasteiger partial charge in [-0.25, -0.2) is 4.39 Å². The fourth-order valence-electron chi connectivity index (χ4n) is 4.09. The second-order valence-corrected chi connectivity index (χ2v) is 7.99. The third-order valence-corrected chi connectivity index (χ3v) is 5.94. The van der Waals surface area contributed by atoms with Gasteiger partial charge in [-0.15, -0.1) is 0 Å². The molecule has 2 nitrogen and oxygen atoms in total. The van der Waals surface area contributed by atoms with Gasteiger partial charge in [0.15, 0.2) is 0 Å². The smallest absolute Gasteiger partial charge is 0.140 e. The van der Waals surface area contributed by atoms with Crippen LogP contribution in [-0.2, 0) is 11.8 Å². The van der Waals surface area contributed by atoms with Crippen molar-refractivity contribution in [1.82, 2.24) is 5.32 Å². The normalized spacial score (nSPS) is 18.7. The minimum Gasteiger partial charge on any atom is -0.484 e. The van der Waals surface area contributed by atoms with Gasteiger partial charge in [0, 0.05) is 5.41 Å². The highest BCUT2D eigenvalue weighted by atomic mass is 19.1. The third kappa shape index (κ3) is 3.43. The van der Waals surface area contributed by atoms with Crippen LogP contribution in [-0.4, -0.2) is 13.1 Å². The van der Waals surface area contributed by atoms with Crippen LogP contribution in [0.25, 0.3) is 0 Å². The fraction of sp³-hybridized carbons (Fsp3) is 0.280. The molecule has 3 aromatic rings. The molecule has 1 aliphatic rings. The van der Waals surface area contributed by atoms with E-state index in [1.54, 1.807) is 0 Å². The van der Waals surface area contributed by atoms with Crippen LogP contribution in [0, 0.1) is 5.82 Å². The number of rotatable bonds is 5. The highest BCUT2D eigenvalue weighted by molar-refractivity contribution is 5.41. The van der Waals surface area contributed by atoms with Crippen molar-refractivity contribution in [3.8, 4) is 5.75 Å². The Balaban J connectivity index is 1.56. The van der Waals surface area contributed by atoms with Crippen LogP contribution in [0.2, 0.25) is 0 Å². The molecule has 0 fully saturated rings. The van der Waals surface area contributed by atoms with Gasteiger partial charge in [0.25, 0.3) is 0 Å². The van der Waals surface area contributed by atoms with E-state index in [1.165, 1.54) is 28.8 Å². The molecule has 0 amide bonds. The molecule has 0 saturated carbocycles. The van der Waals surface area contributed by atoms with Crippen molar-refractivity contribution in [2.75, 3.05) is 7.05 Å². The molecule has 144 valence electrons. The summed E-state index contributed by atoms with van der Waals surface area (Å²) < 4.78 is 19.7. The quantitative estimate of drug-likeness (QED) is 0.643. The Morgan fingerprint density at radius 2 is 1.50 bits per heavy atom. The van der Waals surface area contributed by atoms with Crippen molar-refractivity contribution in [1.29, 1.82) is 0 Å². The van der Waals surface area contributed by atoms with Crippen molar-refractivity contribution < 1.29 is 9.13 Å². The second-order valence-electron chi connectivity index (χ2n) is 7.99. The topological polar surface area (TPSA) is 21.3 Å². The predicted molar refractivity (Wildman–Crippen MR) is 111 cm³/mol. The molecule has 2 atom stereocenters. The monoisotopic (exact) mass is 375 g/mol. The molecule has 0 bridgehead atoms. The maximum Gasteiger partial charge on any atom is 0.140 e. The molecule has 1 unspecified atom stereocenters. The second kappa shape index (κ2) is 7.40. The standard InChI is InChI=1S/C25H26FNO/c1-25(2,18-8-12-20(26)13-9-18)19-10-14-21(15-11-19)28-24-22-7-5-4-6-17(22)16-23(24)27-3/h4-15,23-24,27H,16H2,1-3H3/t23?,24-/m0/s1. The molecule has 0 saturated heterocycles. The Labute approximate surface area is 166 Å². The molecule has 28 heavy (non-hydrogen) atoms. The zero-order valence-electron chi connectivity index (χ0n) is 16.6. The van der Waals surface area contributed by atoms with E-state index in [9.17, 15) is 4.39 Å². The summed E-state index contributed by atoms with van der Waals surface area (Å²) in [4.78, 5) is 0. The van der Waals surface area contributed by atoms with E-state index in [4.69, 9.17) is 4.74 Å². The molecule has 0 aliphatic heterocycles. The number of benzene rings is 3. The molecule has 0 spiro atoms. The lowest BCUT2D eigenvalue weighted by Gasteiger charge is -2.27. The summed E-state index contributed by atoms with van der Waals surface area (Å²) in [6, 6.07) is 23.8. The summed E-state index contributed by atoms with van der Waals surface area (Å²) in [7, 11) is 1.99. The van der Waals surface area contributed by atoms with Gasteiger partial charge in [0.1, 0.15) is 17.7 Å². The van der Waals surface area contributed by atoms with Crippen LogP contribution < -0.4 is 10.1 Å². The summed E-state index contributed by atoms with van der Waals surface area (Å²) in [5, 5.41) is 3.39. The van der Waals surface area contributed by atoms with Crippen molar-refractivity contribution >= 4 is 0 Å². The molecule has 3 aromatic carbocycles. The molecular weight excluding hydrogens is 349 g/mol. The molecule has 1 aliphatic carbocycles. The first-order valence-corrected chi connectivity index (χ1v) is 9.77. The van der Waals surface area contributed by atoms with Gasteiger partial charge in [-0.05, 0) is 60.0 Å². The summed E-state index contributed by atoms with van der Waals surface area (Å²) in [5.74, 6) is 0.653. The first-order valence-electron chi connectivity index (χ1n) is 9.77. The average molecular weight is 375 g/mol. The highest BCUT2D eigenvalue weighted by Crippen LogP contribution is 2.37. The van der Waals surface area contributed by atoms with Crippen molar-refractivity contribution in [3.05, 3.63) is 101 Å². The Morgan fingerprint density at radius 1 is 0.893 bits per heavy atom. The minimum atomic E-state index is -0.209. The van der Waals surface area contributed by atoms with Crippen molar-refractivity contribution in [2.24, 2.45) is 0 Å². The lowest BCUT2D eigenvalue weighted by molar-refractivity contribution is 0.172. The predicted octanol–water partition coefficient (Wildman–Crippen LogP) is 5.42. The number of halogens is 1. The molecule has 1 N–H and O–H groups in total.